The van der Waals surface area contributed by atoms with E-state index in [9.17, 15) is 18.5 Å². The van der Waals surface area contributed by atoms with Gasteiger partial charge in [0.2, 0.25) is 0 Å². The minimum atomic E-state index is -4.06. The lowest BCUT2D eigenvalue weighted by Gasteiger charge is -2.53. The Morgan fingerprint density at radius 3 is 2.58 bits per heavy atom. The van der Waals surface area contributed by atoms with E-state index in [4.69, 9.17) is 8.92 Å². The van der Waals surface area contributed by atoms with Crippen LogP contribution in [0, 0.1) is 40.9 Å². The first kappa shape index (κ1) is 24.1. The lowest BCUT2D eigenvalue weighted by molar-refractivity contribution is -0.143. The summed E-state index contributed by atoms with van der Waals surface area (Å²) < 4.78 is 38.2. The molecular formula is C26H33NO5S. The molecule has 3 fully saturated rings. The largest absolute Gasteiger partial charge is 0.358 e. The number of hydrogen-bond donors (Lipinski definition) is 0. The zero-order chi connectivity index (χ0) is 24.2. The summed E-state index contributed by atoms with van der Waals surface area (Å²) in [4.78, 5) is 13.4. The molecule has 2 aliphatic carbocycles. The number of nitrogens with zero attached hydrogens (tertiary/aromatic N) is 1. The molecule has 0 unspecified atom stereocenters. The fourth-order valence-electron chi connectivity index (χ4n) is 6.79. The second-order valence-corrected chi connectivity index (χ2v) is 12.0. The van der Waals surface area contributed by atoms with Crippen LogP contribution in [0.25, 0.3) is 0 Å². The monoisotopic (exact) mass is 471 g/mol. The van der Waals surface area contributed by atoms with Crippen LogP contribution < -0.4 is 0 Å². The van der Waals surface area contributed by atoms with Crippen LogP contribution in [0.3, 0.4) is 0 Å². The number of benzene rings is 1. The van der Waals surface area contributed by atoms with Crippen molar-refractivity contribution in [1.29, 1.82) is 5.26 Å². The van der Waals surface area contributed by atoms with Gasteiger partial charge in [0.05, 0.1) is 22.5 Å². The summed E-state index contributed by atoms with van der Waals surface area (Å²) in [5.74, 6) is 0.374. The predicted octanol–water partition coefficient (Wildman–Crippen LogP) is 4.73. The molecule has 0 aromatic heterocycles. The second-order valence-electron chi connectivity index (χ2n) is 10.5. The summed E-state index contributed by atoms with van der Waals surface area (Å²) in [5.41, 5.74) is -1.76. The van der Waals surface area contributed by atoms with Gasteiger partial charge in [-0.1, -0.05) is 37.6 Å². The van der Waals surface area contributed by atoms with Crippen LogP contribution in [-0.4, -0.2) is 32.0 Å². The highest BCUT2D eigenvalue weighted by molar-refractivity contribution is 7.86. The fraction of sp³-hybridized carbons (Fsp3) is 0.615. The Kier molecular flexibility index (Phi) is 5.88. The number of rotatable bonds is 6. The predicted molar refractivity (Wildman–Crippen MR) is 124 cm³/mol. The average molecular weight is 472 g/mol. The Bertz CT molecular complexity index is 1110. The van der Waals surface area contributed by atoms with E-state index in [2.05, 4.69) is 26.5 Å². The van der Waals surface area contributed by atoms with Crippen molar-refractivity contribution in [3.05, 3.63) is 42.5 Å². The molecule has 0 bridgehead atoms. The van der Waals surface area contributed by atoms with E-state index in [0.29, 0.717) is 6.42 Å². The molecular weight excluding hydrogens is 438 g/mol. The van der Waals surface area contributed by atoms with Gasteiger partial charge in [0.1, 0.15) is 11.4 Å². The molecule has 7 heteroatoms. The molecule has 4 rings (SSSR count). The molecule has 1 aromatic rings. The van der Waals surface area contributed by atoms with Gasteiger partial charge in [0.15, 0.2) is 6.10 Å². The van der Waals surface area contributed by atoms with Gasteiger partial charge in [0.25, 0.3) is 10.1 Å². The van der Waals surface area contributed by atoms with Gasteiger partial charge < -0.3 is 4.74 Å². The van der Waals surface area contributed by atoms with Crippen molar-refractivity contribution >= 4 is 15.9 Å². The van der Waals surface area contributed by atoms with Gasteiger partial charge in [-0.05, 0) is 57.1 Å². The molecule has 6 nitrogen and oxygen atoms in total. The number of ether oxygens (including phenoxy) is 1. The van der Waals surface area contributed by atoms with Crippen LogP contribution in [0.15, 0.2) is 41.8 Å². The van der Waals surface area contributed by atoms with E-state index >= 15 is 0 Å². The molecule has 0 N–H and O–H groups in total. The molecule has 1 saturated heterocycles. The van der Waals surface area contributed by atoms with E-state index in [1.807, 2.05) is 6.92 Å². The minimum absolute atomic E-state index is 0.0724. The Balaban J connectivity index is 1.70. The highest BCUT2D eigenvalue weighted by atomic mass is 32.2. The molecule has 1 aromatic carbocycles. The van der Waals surface area contributed by atoms with Crippen molar-refractivity contribution in [2.45, 2.75) is 82.5 Å². The summed E-state index contributed by atoms with van der Waals surface area (Å²) in [6, 6.07) is 8.77. The van der Waals surface area contributed by atoms with E-state index in [0.717, 1.165) is 24.8 Å². The zero-order valence-corrected chi connectivity index (χ0v) is 20.7. The van der Waals surface area contributed by atoms with Gasteiger partial charge in [-0.3, -0.25) is 8.98 Å². The number of aryl methyl sites for hydroxylation is 1. The van der Waals surface area contributed by atoms with Crippen molar-refractivity contribution in [3.8, 4) is 6.07 Å². The third-order valence-corrected chi connectivity index (χ3v) is 10.3. The third-order valence-electron chi connectivity index (χ3n) is 8.82. The molecule has 1 aliphatic heterocycles. The van der Waals surface area contributed by atoms with Gasteiger partial charge >= 0.3 is 0 Å². The maximum absolute atomic E-state index is 13.4. The number of Topliss-reactive ketones (excluding diaryl/α,β-unsaturated/α-hetero) is 1. The highest BCUT2D eigenvalue weighted by Gasteiger charge is 2.75. The van der Waals surface area contributed by atoms with Crippen LogP contribution >= 0.6 is 0 Å². The van der Waals surface area contributed by atoms with Gasteiger partial charge in [-0.15, -0.1) is 6.58 Å². The number of ketones is 1. The Labute approximate surface area is 197 Å². The van der Waals surface area contributed by atoms with Crippen molar-refractivity contribution in [1.82, 2.24) is 0 Å². The molecule has 33 heavy (non-hydrogen) atoms. The van der Waals surface area contributed by atoms with Crippen LogP contribution in [0.2, 0.25) is 0 Å². The van der Waals surface area contributed by atoms with Crippen molar-refractivity contribution in [2.75, 3.05) is 0 Å². The van der Waals surface area contributed by atoms with Crippen LogP contribution in [0.5, 0.6) is 0 Å². The van der Waals surface area contributed by atoms with Crippen LogP contribution in [0.1, 0.15) is 58.4 Å². The fourth-order valence-corrected chi connectivity index (χ4v) is 8.00. The SMILES string of the molecule is C=C[C@](C)(C[C@@H]1O[C@H](C#N)[C@@]23C(=O)CC[C@@H]2CC[C@@H](C)[C@@]13C)OS(=O)(=O)c1ccc(C)cc1. The van der Waals surface area contributed by atoms with E-state index in [1.54, 1.807) is 19.1 Å². The summed E-state index contributed by atoms with van der Waals surface area (Å²) in [5, 5.41) is 10.0. The Morgan fingerprint density at radius 2 is 1.97 bits per heavy atom. The van der Waals surface area contributed by atoms with E-state index in [1.165, 1.54) is 18.2 Å². The molecule has 0 amide bonds. The molecule has 3 aliphatic rings. The normalized spacial score (nSPS) is 37.6. The Hall–Kier alpha value is -2.01. The summed E-state index contributed by atoms with van der Waals surface area (Å²) in [7, 11) is -4.06. The van der Waals surface area contributed by atoms with Crippen LogP contribution in [-0.2, 0) is 23.8 Å². The molecule has 1 spiro atoms. The van der Waals surface area contributed by atoms with E-state index < -0.39 is 38.8 Å². The molecule has 7 atom stereocenters. The summed E-state index contributed by atoms with van der Waals surface area (Å²) in [6.07, 6.45) is 3.43. The number of nitriles is 1. The molecule has 2 saturated carbocycles. The molecule has 1 heterocycles. The first-order valence-electron chi connectivity index (χ1n) is 11.7. The quantitative estimate of drug-likeness (QED) is 0.440. The van der Waals surface area contributed by atoms with Gasteiger partial charge in [-0.2, -0.15) is 13.7 Å². The maximum atomic E-state index is 13.4. The highest BCUT2D eigenvalue weighted by Crippen LogP contribution is 2.69. The smallest absolute Gasteiger partial charge is 0.297 e. The Morgan fingerprint density at radius 1 is 1.30 bits per heavy atom. The minimum Gasteiger partial charge on any atom is -0.358 e. The van der Waals surface area contributed by atoms with Crippen molar-refractivity contribution in [2.24, 2.45) is 22.7 Å². The lowest BCUT2D eigenvalue weighted by atomic mass is 9.46. The molecule has 0 radical (unpaired) electrons. The first-order valence-corrected chi connectivity index (χ1v) is 13.1. The topological polar surface area (TPSA) is 93.5 Å². The second kappa shape index (κ2) is 8.04. The third kappa shape index (κ3) is 3.41. The molecule has 178 valence electrons. The van der Waals surface area contributed by atoms with Gasteiger partial charge in [0, 0.05) is 18.3 Å². The van der Waals surface area contributed by atoms with Gasteiger partial charge in [-0.25, -0.2) is 0 Å². The zero-order valence-electron chi connectivity index (χ0n) is 19.8. The number of hydrogen-bond acceptors (Lipinski definition) is 6. The number of carbonyl (C=O) groups excluding carboxylic acids is 1. The van der Waals surface area contributed by atoms with Crippen LogP contribution in [0.4, 0.5) is 0 Å². The average Bonchev–Trinajstić information content (AvgIpc) is 3.24. The lowest BCUT2D eigenvalue weighted by Crippen LogP contribution is -2.58. The summed E-state index contributed by atoms with van der Waals surface area (Å²) >= 11 is 0. The van der Waals surface area contributed by atoms with Crippen molar-refractivity contribution in [3.63, 3.8) is 0 Å². The standard InChI is InChI=1S/C26H33NO5S/c1-6-24(4,32-33(29,30)20-12-7-17(2)8-13-20)15-22-25(5)18(3)9-10-19-11-14-21(28)26(19,25)23(16-27)31-22/h6-8,12-13,18-19,22-23H,1,9-11,14-15H2,2-5H3/t18-,19+,22+,23-,24-,25+,26+/m1/s1. The van der Waals surface area contributed by atoms with Crippen molar-refractivity contribution < 1.29 is 22.1 Å². The maximum Gasteiger partial charge on any atom is 0.297 e. The first-order chi connectivity index (χ1) is 15.4. The number of carbonyl (C=O) groups is 1. The van der Waals surface area contributed by atoms with E-state index in [-0.39, 0.29) is 28.9 Å². The summed E-state index contributed by atoms with van der Waals surface area (Å²) in [6.45, 7) is 11.6.